The van der Waals surface area contributed by atoms with Gasteiger partial charge in [0, 0.05) is 11.5 Å². The second-order valence-electron chi connectivity index (χ2n) is 8.26. The molecule has 2 bridgehead atoms. The number of nitrogens with zero attached hydrogens (tertiary/aromatic N) is 1. The quantitative estimate of drug-likeness (QED) is 0.739. The lowest BCUT2D eigenvalue weighted by Gasteiger charge is -2.36. The lowest BCUT2D eigenvalue weighted by molar-refractivity contribution is -0.123. The van der Waals surface area contributed by atoms with Crippen molar-refractivity contribution in [2.24, 2.45) is 16.7 Å². The van der Waals surface area contributed by atoms with E-state index in [9.17, 15) is 22.0 Å². The Labute approximate surface area is 151 Å². The maximum Gasteiger partial charge on any atom is 0.260 e. The highest BCUT2D eigenvalue weighted by Crippen LogP contribution is 2.69. The first-order valence-corrected chi connectivity index (χ1v) is 10.4. The molecule has 1 aromatic carbocycles. The van der Waals surface area contributed by atoms with Crippen molar-refractivity contribution >= 4 is 22.0 Å². The van der Waals surface area contributed by atoms with Crippen LogP contribution in [0, 0.1) is 28.4 Å². The van der Waals surface area contributed by atoms with Crippen LogP contribution in [0.15, 0.2) is 24.3 Å². The van der Waals surface area contributed by atoms with E-state index in [1.54, 1.807) is 0 Å². The molecule has 4 nitrogen and oxygen atoms in total. The van der Waals surface area contributed by atoms with Crippen molar-refractivity contribution in [3.05, 3.63) is 41.5 Å². The van der Waals surface area contributed by atoms with Gasteiger partial charge >= 0.3 is 0 Å². The zero-order valence-electron chi connectivity index (χ0n) is 14.7. The summed E-state index contributed by atoms with van der Waals surface area (Å²) in [5.41, 5.74) is -0.178. The van der Waals surface area contributed by atoms with Gasteiger partial charge in [0.25, 0.3) is 5.91 Å². The number of hydrogen-bond donors (Lipinski definition) is 0. The number of benzene rings is 1. The van der Waals surface area contributed by atoms with Crippen LogP contribution < -0.4 is 0 Å². The number of sulfonamides is 1. The molecule has 26 heavy (non-hydrogen) atoms. The van der Waals surface area contributed by atoms with Crippen LogP contribution in [0.4, 0.5) is 8.78 Å². The summed E-state index contributed by atoms with van der Waals surface area (Å²) in [6.45, 7) is 4.23. The number of carbonyl (C=O) groups excluding carboxylic acids is 1. The molecule has 0 aromatic heterocycles. The summed E-state index contributed by atoms with van der Waals surface area (Å²) >= 11 is 0. The van der Waals surface area contributed by atoms with Crippen molar-refractivity contribution in [3.63, 3.8) is 0 Å². The highest BCUT2D eigenvalue weighted by Gasteiger charge is 2.72. The van der Waals surface area contributed by atoms with E-state index in [1.165, 1.54) is 12.1 Å². The average molecular weight is 381 g/mol. The molecule has 3 fully saturated rings. The van der Waals surface area contributed by atoms with Crippen molar-refractivity contribution in [1.82, 2.24) is 4.31 Å². The Kier molecular flexibility index (Phi) is 3.65. The van der Waals surface area contributed by atoms with Gasteiger partial charge in [-0.3, -0.25) is 4.79 Å². The molecule has 1 heterocycles. The van der Waals surface area contributed by atoms with Gasteiger partial charge in [-0.1, -0.05) is 19.9 Å². The molecule has 140 valence electrons. The van der Waals surface area contributed by atoms with Crippen molar-refractivity contribution in [1.29, 1.82) is 0 Å². The smallest absolute Gasteiger partial charge is 0.260 e. The lowest BCUT2D eigenvalue weighted by atomic mass is 9.69. The topological polar surface area (TPSA) is 54.5 Å². The lowest BCUT2D eigenvalue weighted by Crippen LogP contribution is -2.43. The van der Waals surface area contributed by atoms with E-state index >= 15 is 0 Å². The highest BCUT2D eigenvalue weighted by atomic mass is 32.2. The standard InChI is InChI=1S/C19H21F2NO3S/c1-18(2)13-7-8-19(18)11-26(24,25)22(16(19)10-13)17(23)6-4-12-3-5-14(20)15(21)9-12/h3-6,9,13,16H,7-8,10-11H2,1-2H3. The summed E-state index contributed by atoms with van der Waals surface area (Å²) in [6, 6.07) is 2.98. The number of amides is 1. The molecule has 0 radical (unpaired) electrons. The SMILES string of the molecule is CC1(C)C2CCC13CS(=O)(=O)N(C(=O)C=Cc1ccc(F)c(F)c1)C3C2. The fourth-order valence-electron chi connectivity index (χ4n) is 5.44. The minimum Gasteiger partial charge on any atom is -0.269 e. The van der Waals surface area contributed by atoms with E-state index in [4.69, 9.17) is 0 Å². The van der Waals surface area contributed by atoms with Gasteiger partial charge in [-0.25, -0.2) is 21.5 Å². The summed E-state index contributed by atoms with van der Waals surface area (Å²) in [4.78, 5) is 12.7. The molecule has 1 amide bonds. The predicted octanol–water partition coefficient (Wildman–Crippen LogP) is 3.34. The molecule has 3 atom stereocenters. The third kappa shape index (κ3) is 2.22. The van der Waals surface area contributed by atoms with E-state index in [0.717, 1.165) is 35.4 Å². The van der Waals surface area contributed by atoms with Crippen LogP contribution in [0.5, 0.6) is 0 Å². The average Bonchev–Trinajstić information content (AvgIpc) is 3.03. The second-order valence-corrected chi connectivity index (χ2v) is 10.1. The summed E-state index contributed by atoms with van der Waals surface area (Å²) < 4.78 is 52.9. The van der Waals surface area contributed by atoms with Gasteiger partial charge in [0.2, 0.25) is 10.0 Å². The van der Waals surface area contributed by atoms with Crippen molar-refractivity contribution in [2.45, 2.75) is 39.2 Å². The van der Waals surface area contributed by atoms with E-state index in [0.29, 0.717) is 17.9 Å². The fraction of sp³-hybridized carbons (Fsp3) is 0.526. The number of hydrogen-bond acceptors (Lipinski definition) is 3. The normalized spacial score (nSPS) is 33.8. The Morgan fingerprint density at radius 2 is 2.00 bits per heavy atom. The van der Waals surface area contributed by atoms with Gasteiger partial charge in [-0.15, -0.1) is 0 Å². The molecule has 1 aliphatic heterocycles. The van der Waals surface area contributed by atoms with Gasteiger partial charge in [0.1, 0.15) is 0 Å². The minimum absolute atomic E-state index is 0.0128. The second kappa shape index (κ2) is 5.38. The first kappa shape index (κ1) is 17.6. The zero-order chi connectivity index (χ0) is 18.9. The largest absolute Gasteiger partial charge is 0.269 e. The molecule has 0 N–H and O–H groups in total. The third-order valence-electron chi connectivity index (χ3n) is 6.99. The molecule has 2 aliphatic carbocycles. The first-order valence-electron chi connectivity index (χ1n) is 8.78. The number of carbonyl (C=O) groups is 1. The van der Waals surface area contributed by atoms with Crippen LogP contribution in [0.3, 0.4) is 0 Å². The van der Waals surface area contributed by atoms with Crippen molar-refractivity contribution in [2.75, 3.05) is 5.75 Å². The van der Waals surface area contributed by atoms with Gasteiger partial charge in [0.15, 0.2) is 11.6 Å². The molecule has 1 spiro atoms. The molecular formula is C19H21F2NO3S. The Morgan fingerprint density at radius 1 is 1.27 bits per heavy atom. The van der Waals surface area contributed by atoms with Crippen LogP contribution in [0.1, 0.15) is 38.7 Å². The fourth-order valence-corrected chi connectivity index (χ4v) is 7.95. The Morgan fingerprint density at radius 3 is 2.65 bits per heavy atom. The number of fused-ring (bicyclic) bond motifs is 1. The van der Waals surface area contributed by atoms with Gasteiger partial charge in [-0.05, 0) is 54.4 Å². The Bertz CT molecular complexity index is 925. The summed E-state index contributed by atoms with van der Waals surface area (Å²) in [5.74, 6) is -2.16. The van der Waals surface area contributed by atoms with Gasteiger partial charge in [-0.2, -0.15) is 0 Å². The van der Waals surface area contributed by atoms with Crippen molar-refractivity contribution < 1.29 is 22.0 Å². The summed E-state index contributed by atoms with van der Waals surface area (Å²) in [7, 11) is -3.68. The molecule has 7 heteroatoms. The van der Waals surface area contributed by atoms with E-state index in [2.05, 4.69) is 13.8 Å². The molecular weight excluding hydrogens is 360 g/mol. The molecule has 2 saturated carbocycles. The Hall–Kier alpha value is -1.76. The summed E-state index contributed by atoms with van der Waals surface area (Å²) in [6.07, 6.45) is 5.00. The summed E-state index contributed by atoms with van der Waals surface area (Å²) in [5, 5.41) is 0. The van der Waals surface area contributed by atoms with Crippen LogP contribution in [0.2, 0.25) is 0 Å². The maximum atomic E-state index is 13.3. The van der Waals surface area contributed by atoms with Crippen LogP contribution in [-0.4, -0.2) is 30.4 Å². The third-order valence-corrected chi connectivity index (χ3v) is 8.90. The zero-order valence-corrected chi connectivity index (χ0v) is 15.5. The molecule has 3 unspecified atom stereocenters. The Balaban J connectivity index is 1.64. The molecule has 1 saturated heterocycles. The van der Waals surface area contributed by atoms with Crippen LogP contribution in [-0.2, 0) is 14.8 Å². The van der Waals surface area contributed by atoms with E-state index < -0.39 is 27.6 Å². The van der Waals surface area contributed by atoms with Crippen LogP contribution >= 0.6 is 0 Å². The van der Waals surface area contributed by atoms with Crippen LogP contribution in [0.25, 0.3) is 6.08 Å². The predicted molar refractivity (Wildman–Crippen MR) is 93.4 cm³/mol. The first-order chi connectivity index (χ1) is 12.1. The highest BCUT2D eigenvalue weighted by molar-refractivity contribution is 7.90. The van der Waals surface area contributed by atoms with Gasteiger partial charge in [0.05, 0.1) is 11.8 Å². The maximum absolute atomic E-state index is 13.3. The molecule has 1 aromatic rings. The monoisotopic (exact) mass is 381 g/mol. The number of halogens is 2. The van der Waals surface area contributed by atoms with Crippen molar-refractivity contribution in [3.8, 4) is 0 Å². The van der Waals surface area contributed by atoms with E-state index in [-0.39, 0.29) is 22.6 Å². The molecule has 4 rings (SSSR count). The van der Waals surface area contributed by atoms with Gasteiger partial charge < -0.3 is 0 Å². The van der Waals surface area contributed by atoms with E-state index in [1.807, 2.05) is 0 Å². The minimum atomic E-state index is -3.68. The number of rotatable bonds is 2. The molecule has 3 aliphatic rings.